The normalized spacial score (nSPS) is 16.3. The van der Waals surface area contributed by atoms with E-state index in [1.807, 2.05) is 25.3 Å². The lowest BCUT2D eigenvalue weighted by molar-refractivity contribution is 0.599. The molecule has 1 heterocycles. The van der Waals surface area contributed by atoms with E-state index in [0.29, 0.717) is 5.75 Å². The molecular weight excluding hydrogens is 206 g/mol. The van der Waals surface area contributed by atoms with Gasteiger partial charge in [0, 0.05) is 18.3 Å². The summed E-state index contributed by atoms with van der Waals surface area (Å²) >= 11 is -0.740. The number of benzene rings is 1. The summed E-state index contributed by atoms with van der Waals surface area (Å²) in [4.78, 5) is 0. The maximum absolute atomic E-state index is 11.5. The Labute approximate surface area is 93.6 Å². The maximum Gasteiger partial charge on any atom is 0.132 e. The van der Waals surface area contributed by atoms with E-state index in [9.17, 15) is 4.55 Å². The van der Waals surface area contributed by atoms with Gasteiger partial charge >= 0.3 is 0 Å². The Hall–Kier alpha value is -0.930. The molecule has 1 aromatic rings. The standard InChI is InChI=1S/C12H15NOS/c1-2-15(14)9-11-8-13-7-10-5-3-4-6-12(10)11/h3-6,8,13H,2,7,9H2,1H3. The summed E-state index contributed by atoms with van der Waals surface area (Å²) in [5.74, 6) is 1.38. The van der Waals surface area contributed by atoms with Gasteiger partial charge in [0.15, 0.2) is 0 Å². The minimum atomic E-state index is -0.740. The number of fused-ring (bicyclic) bond motifs is 1. The van der Waals surface area contributed by atoms with Crippen molar-refractivity contribution in [2.24, 2.45) is 0 Å². The van der Waals surface area contributed by atoms with E-state index in [4.69, 9.17) is 0 Å². The summed E-state index contributed by atoms with van der Waals surface area (Å²) in [5.41, 5.74) is 3.71. The van der Waals surface area contributed by atoms with Crippen LogP contribution in [0.4, 0.5) is 0 Å². The molecule has 1 aliphatic heterocycles. The van der Waals surface area contributed by atoms with Gasteiger partial charge in [-0.15, -0.1) is 0 Å². The molecule has 2 rings (SSSR count). The van der Waals surface area contributed by atoms with E-state index >= 15 is 0 Å². The fourth-order valence-corrected chi connectivity index (χ4v) is 2.53. The van der Waals surface area contributed by atoms with E-state index in [1.54, 1.807) is 0 Å². The van der Waals surface area contributed by atoms with E-state index in [1.165, 1.54) is 11.1 Å². The van der Waals surface area contributed by atoms with Gasteiger partial charge in [-0.25, -0.2) is 0 Å². The Morgan fingerprint density at radius 2 is 2.20 bits per heavy atom. The maximum atomic E-state index is 11.5. The van der Waals surface area contributed by atoms with Gasteiger partial charge in [0.2, 0.25) is 0 Å². The van der Waals surface area contributed by atoms with Crippen LogP contribution in [0.1, 0.15) is 18.1 Å². The quantitative estimate of drug-likeness (QED) is 0.791. The third-order valence-electron chi connectivity index (χ3n) is 2.57. The van der Waals surface area contributed by atoms with Crippen LogP contribution in [0.5, 0.6) is 0 Å². The first-order valence-electron chi connectivity index (χ1n) is 5.17. The van der Waals surface area contributed by atoms with E-state index in [0.717, 1.165) is 17.9 Å². The largest absolute Gasteiger partial charge is 0.616 e. The number of hydrogen-bond donors (Lipinski definition) is 1. The van der Waals surface area contributed by atoms with Crippen LogP contribution in [0.3, 0.4) is 0 Å². The first-order chi connectivity index (χ1) is 7.31. The summed E-state index contributed by atoms with van der Waals surface area (Å²) in [7, 11) is 0. The van der Waals surface area contributed by atoms with Crippen molar-refractivity contribution >= 4 is 16.7 Å². The topological polar surface area (TPSA) is 35.1 Å². The first kappa shape index (κ1) is 10.6. The molecule has 0 amide bonds. The van der Waals surface area contributed by atoms with Crippen molar-refractivity contribution in [2.75, 3.05) is 11.5 Å². The van der Waals surface area contributed by atoms with Crippen molar-refractivity contribution in [3.63, 3.8) is 0 Å². The summed E-state index contributed by atoms with van der Waals surface area (Å²) in [6.45, 7) is 2.83. The second-order valence-electron chi connectivity index (χ2n) is 3.58. The Kier molecular flexibility index (Phi) is 3.34. The van der Waals surface area contributed by atoms with Crippen LogP contribution >= 0.6 is 0 Å². The highest BCUT2D eigenvalue weighted by Crippen LogP contribution is 2.23. The monoisotopic (exact) mass is 221 g/mol. The predicted octanol–water partition coefficient (Wildman–Crippen LogP) is 1.90. The van der Waals surface area contributed by atoms with Crippen LogP contribution < -0.4 is 5.32 Å². The third kappa shape index (κ3) is 2.36. The first-order valence-corrected chi connectivity index (χ1v) is 6.65. The predicted molar refractivity (Wildman–Crippen MR) is 64.8 cm³/mol. The van der Waals surface area contributed by atoms with Crippen LogP contribution in [-0.4, -0.2) is 16.1 Å². The molecule has 0 fully saturated rings. The zero-order valence-electron chi connectivity index (χ0n) is 8.82. The van der Waals surface area contributed by atoms with Gasteiger partial charge in [-0.3, -0.25) is 0 Å². The molecule has 1 atom stereocenters. The molecule has 1 N–H and O–H groups in total. The molecule has 0 bridgehead atoms. The molecule has 0 aromatic heterocycles. The van der Waals surface area contributed by atoms with Crippen LogP contribution in [-0.2, 0) is 17.7 Å². The van der Waals surface area contributed by atoms with Crippen LogP contribution in [0.25, 0.3) is 5.57 Å². The summed E-state index contributed by atoms with van der Waals surface area (Å²) < 4.78 is 11.5. The van der Waals surface area contributed by atoms with Crippen LogP contribution in [0.15, 0.2) is 30.5 Å². The van der Waals surface area contributed by atoms with Gasteiger partial charge in [0.1, 0.15) is 11.5 Å². The van der Waals surface area contributed by atoms with E-state index in [-0.39, 0.29) is 0 Å². The molecule has 2 nitrogen and oxygen atoms in total. The fraction of sp³-hybridized carbons (Fsp3) is 0.333. The smallest absolute Gasteiger partial charge is 0.132 e. The minimum absolute atomic E-state index is 0.653. The molecule has 0 saturated carbocycles. The molecule has 80 valence electrons. The van der Waals surface area contributed by atoms with Gasteiger partial charge in [0.25, 0.3) is 0 Å². The van der Waals surface area contributed by atoms with Gasteiger partial charge in [-0.2, -0.15) is 0 Å². The van der Waals surface area contributed by atoms with Gasteiger partial charge < -0.3 is 9.87 Å². The molecule has 3 heteroatoms. The molecule has 0 saturated heterocycles. The van der Waals surface area contributed by atoms with Crippen molar-refractivity contribution in [1.29, 1.82) is 0 Å². The second-order valence-corrected chi connectivity index (χ2v) is 5.33. The van der Waals surface area contributed by atoms with Crippen molar-refractivity contribution in [3.8, 4) is 0 Å². The SMILES string of the molecule is CC[S+]([O-])CC1=CNCc2ccccc21. The zero-order chi connectivity index (χ0) is 10.7. The zero-order valence-corrected chi connectivity index (χ0v) is 9.64. The van der Waals surface area contributed by atoms with Crippen LogP contribution in [0, 0.1) is 0 Å². The molecule has 1 aromatic carbocycles. The third-order valence-corrected chi connectivity index (χ3v) is 3.85. The highest BCUT2D eigenvalue weighted by Gasteiger charge is 2.15. The Bertz CT molecular complexity index is 376. The van der Waals surface area contributed by atoms with Gasteiger partial charge in [-0.05, 0) is 29.2 Å². The van der Waals surface area contributed by atoms with Crippen molar-refractivity contribution in [1.82, 2.24) is 5.32 Å². The minimum Gasteiger partial charge on any atom is -0.616 e. The molecule has 1 unspecified atom stereocenters. The Balaban J connectivity index is 2.23. The molecule has 1 aliphatic rings. The summed E-state index contributed by atoms with van der Waals surface area (Å²) in [5, 5.41) is 3.22. The molecular formula is C12H15NOS. The molecule has 0 aliphatic carbocycles. The second kappa shape index (κ2) is 4.73. The lowest BCUT2D eigenvalue weighted by Crippen LogP contribution is -2.18. The van der Waals surface area contributed by atoms with Crippen molar-refractivity contribution < 1.29 is 4.55 Å². The average molecular weight is 221 g/mol. The Morgan fingerprint density at radius 3 is 3.00 bits per heavy atom. The number of rotatable bonds is 3. The molecule has 15 heavy (non-hydrogen) atoms. The Morgan fingerprint density at radius 1 is 1.40 bits per heavy atom. The number of nitrogens with one attached hydrogen (secondary N) is 1. The average Bonchev–Trinajstić information content (AvgIpc) is 2.29. The van der Waals surface area contributed by atoms with Gasteiger partial charge in [-0.1, -0.05) is 24.3 Å². The lowest BCUT2D eigenvalue weighted by Gasteiger charge is -2.19. The molecule has 0 spiro atoms. The summed E-state index contributed by atoms with van der Waals surface area (Å²) in [6.07, 6.45) is 2.00. The van der Waals surface area contributed by atoms with E-state index < -0.39 is 11.2 Å². The lowest BCUT2D eigenvalue weighted by atomic mass is 9.99. The highest BCUT2D eigenvalue weighted by molar-refractivity contribution is 7.91. The van der Waals surface area contributed by atoms with Gasteiger partial charge in [0.05, 0.1) is 0 Å². The van der Waals surface area contributed by atoms with Crippen LogP contribution in [0.2, 0.25) is 0 Å². The molecule has 0 radical (unpaired) electrons. The fourth-order valence-electron chi connectivity index (χ4n) is 1.74. The van der Waals surface area contributed by atoms with E-state index in [2.05, 4.69) is 17.4 Å². The highest BCUT2D eigenvalue weighted by atomic mass is 32.2. The summed E-state index contributed by atoms with van der Waals surface area (Å²) in [6, 6.07) is 8.30. The number of hydrogen-bond acceptors (Lipinski definition) is 2. The van der Waals surface area contributed by atoms with Crippen molar-refractivity contribution in [3.05, 3.63) is 41.6 Å². The van der Waals surface area contributed by atoms with Crippen molar-refractivity contribution in [2.45, 2.75) is 13.5 Å².